The second-order valence-corrected chi connectivity index (χ2v) is 7.77. The molecule has 1 atom stereocenters. The third kappa shape index (κ3) is 6.43. The monoisotopic (exact) mass is 434 g/mol. The molecule has 5 nitrogen and oxygen atoms in total. The number of rotatable bonds is 11. The fourth-order valence-corrected chi connectivity index (χ4v) is 3.77. The van der Waals surface area contributed by atoms with Crippen LogP contribution in [0.1, 0.15) is 50.3 Å². The quantitative estimate of drug-likeness (QED) is 0.362. The lowest BCUT2D eigenvalue weighted by Crippen LogP contribution is -2.09. The molecule has 0 aliphatic rings. The molecule has 31 heavy (non-hydrogen) atoms. The molecule has 1 aromatic carbocycles. The van der Waals surface area contributed by atoms with Crippen LogP contribution in [0.15, 0.2) is 42.5 Å². The Hall–Kier alpha value is -2.61. The van der Waals surface area contributed by atoms with Crippen LogP contribution in [-0.4, -0.2) is 28.3 Å². The van der Waals surface area contributed by atoms with Crippen LogP contribution in [0, 0.1) is 5.92 Å². The average molecular weight is 435 g/mol. The molecule has 0 amide bonds. The number of unbranched alkanes of at least 4 members (excludes halogenated alkanes) is 1. The van der Waals surface area contributed by atoms with Crippen molar-refractivity contribution in [1.29, 1.82) is 0 Å². The molecule has 0 spiro atoms. The summed E-state index contributed by atoms with van der Waals surface area (Å²) >= 11 is 0. The van der Waals surface area contributed by atoms with Gasteiger partial charge in [0.1, 0.15) is 0 Å². The van der Waals surface area contributed by atoms with Crippen molar-refractivity contribution in [2.75, 3.05) is 19.0 Å². The van der Waals surface area contributed by atoms with E-state index in [0.29, 0.717) is 23.2 Å². The van der Waals surface area contributed by atoms with Gasteiger partial charge in [-0.2, -0.15) is 18.2 Å². The lowest BCUT2D eigenvalue weighted by Gasteiger charge is -2.16. The topological polar surface area (TPSA) is 51.5 Å². The van der Waals surface area contributed by atoms with E-state index >= 15 is 0 Å². The van der Waals surface area contributed by atoms with Gasteiger partial charge in [-0.15, -0.1) is 5.10 Å². The molecule has 0 unspecified atom stereocenters. The molecular weight excluding hydrogens is 405 g/mol. The third-order valence-corrected chi connectivity index (χ3v) is 5.31. The van der Waals surface area contributed by atoms with Gasteiger partial charge < -0.3 is 10.1 Å². The van der Waals surface area contributed by atoms with Crippen molar-refractivity contribution in [2.24, 2.45) is 5.92 Å². The predicted octanol–water partition coefficient (Wildman–Crippen LogP) is 6.27. The van der Waals surface area contributed by atoms with Crippen molar-refractivity contribution >= 4 is 17.3 Å². The summed E-state index contributed by atoms with van der Waals surface area (Å²) in [6, 6.07) is 10.8. The van der Waals surface area contributed by atoms with E-state index in [1.807, 2.05) is 16.6 Å². The van der Waals surface area contributed by atoms with E-state index in [1.165, 1.54) is 12.1 Å². The summed E-state index contributed by atoms with van der Waals surface area (Å²) in [5, 5.41) is 7.56. The number of hydrogen-bond acceptors (Lipinski definition) is 4. The van der Waals surface area contributed by atoms with Gasteiger partial charge in [0, 0.05) is 25.1 Å². The highest BCUT2D eigenvalue weighted by Gasteiger charge is 2.30. The molecule has 1 N–H and O–H groups in total. The zero-order valence-corrected chi connectivity index (χ0v) is 18.0. The van der Waals surface area contributed by atoms with Gasteiger partial charge in [-0.1, -0.05) is 32.3 Å². The van der Waals surface area contributed by atoms with Crippen LogP contribution in [0.25, 0.3) is 5.65 Å². The Bertz CT molecular complexity index is 954. The Morgan fingerprint density at radius 2 is 1.84 bits per heavy atom. The minimum atomic E-state index is -4.35. The van der Waals surface area contributed by atoms with E-state index in [-0.39, 0.29) is 0 Å². The summed E-state index contributed by atoms with van der Waals surface area (Å²) in [7, 11) is 1.73. The number of fused-ring (bicyclic) bond motifs is 1. The summed E-state index contributed by atoms with van der Waals surface area (Å²) in [5.41, 5.74) is 1.61. The highest BCUT2D eigenvalue weighted by atomic mass is 19.4. The van der Waals surface area contributed by atoms with E-state index in [1.54, 1.807) is 7.11 Å². The number of nitrogens with one attached hydrogen (secondary N) is 1. The standard InChI is InChI=1S/C23H29F3N4O/c1-3-7-17(8-4-5-15-31-2)16-20-9-6-10-21-28-22(29-30(20)21)27-19-13-11-18(12-14-19)23(24,25)26/h6,9-14,17H,3-5,7-8,15-16H2,1-2H3,(H,27,29)/t17-/m0/s1. The molecule has 0 fully saturated rings. The highest BCUT2D eigenvalue weighted by Crippen LogP contribution is 2.30. The Balaban J connectivity index is 1.73. The summed E-state index contributed by atoms with van der Waals surface area (Å²) in [4.78, 5) is 4.48. The van der Waals surface area contributed by atoms with E-state index in [9.17, 15) is 13.2 Å². The van der Waals surface area contributed by atoms with Crippen LogP contribution in [0.5, 0.6) is 0 Å². The van der Waals surface area contributed by atoms with Gasteiger partial charge in [0.15, 0.2) is 5.65 Å². The Morgan fingerprint density at radius 1 is 1.06 bits per heavy atom. The predicted molar refractivity (Wildman–Crippen MR) is 116 cm³/mol. The number of hydrogen-bond donors (Lipinski definition) is 1. The summed E-state index contributed by atoms with van der Waals surface area (Å²) in [6.45, 7) is 2.99. The minimum absolute atomic E-state index is 0.361. The van der Waals surface area contributed by atoms with Gasteiger partial charge in [-0.05, 0) is 61.6 Å². The van der Waals surface area contributed by atoms with E-state index < -0.39 is 11.7 Å². The molecule has 2 aromatic heterocycles. The smallest absolute Gasteiger partial charge is 0.385 e. The summed E-state index contributed by atoms with van der Waals surface area (Å²) < 4.78 is 45.2. The van der Waals surface area contributed by atoms with E-state index in [2.05, 4.69) is 28.4 Å². The molecule has 2 heterocycles. The maximum absolute atomic E-state index is 12.8. The lowest BCUT2D eigenvalue weighted by molar-refractivity contribution is -0.137. The molecule has 168 valence electrons. The Kier molecular flexibility index (Phi) is 7.90. The van der Waals surface area contributed by atoms with Crippen molar-refractivity contribution < 1.29 is 17.9 Å². The second kappa shape index (κ2) is 10.6. The van der Waals surface area contributed by atoms with Gasteiger partial charge >= 0.3 is 6.18 Å². The van der Waals surface area contributed by atoms with Crippen molar-refractivity contribution in [2.45, 2.75) is 51.6 Å². The average Bonchev–Trinajstić information content (AvgIpc) is 3.14. The molecular formula is C23H29F3N4O. The largest absolute Gasteiger partial charge is 0.416 e. The molecule has 8 heteroatoms. The summed E-state index contributed by atoms with van der Waals surface area (Å²) in [5.74, 6) is 0.919. The number of halogens is 3. The van der Waals surface area contributed by atoms with Crippen molar-refractivity contribution in [3.05, 3.63) is 53.7 Å². The molecule has 0 saturated carbocycles. The summed E-state index contributed by atoms with van der Waals surface area (Å²) in [6.07, 6.45) is 2.16. The van der Waals surface area contributed by atoms with Gasteiger partial charge in [-0.25, -0.2) is 4.52 Å². The van der Waals surface area contributed by atoms with Crippen LogP contribution < -0.4 is 5.32 Å². The Labute approximate surface area is 180 Å². The number of benzene rings is 1. The first-order chi connectivity index (χ1) is 14.9. The molecule has 0 aliphatic carbocycles. The van der Waals surface area contributed by atoms with Gasteiger partial charge in [0.05, 0.1) is 5.56 Å². The van der Waals surface area contributed by atoms with Crippen LogP contribution in [0.2, 0.25) is 0 Å². The van der Waals surface area contributed by atoms with Crippen molar-refractivity contribution in [3.8, 4) is 0 Å². The van der Waals surface area contributed by atoms with Gasteiger partial charge in [0.25, 0.3) is 0 Å². The first-order valence-electron chi connectivity index (χ1n) is 10.7. The SMILES string of the molecule is CCC[C@@H](CCCCOC)Cc1cccc2nc(Nc3ccc(C(F)(F)F)cc3)nn12. The Morgan fingerprint density at radius 3 is 2.52 bits per heavy atom. The van der Waals surface area contributed by atoms with Gasteiger partial charge in [-0.3, -0.25) is 0 Å². The fraction of sp³-hybridized carbons (Fsp3) is 0.478. The normalized spacial score (nSPS) is 12.9. The van der Waals surface area contributed by atoms with Gasteiger partial charge in [0.2, 0.25) is 5.95 Å². The number of pyridine rings is 1. The minimum Gasteiger partial charge on any atom is -0.385 e. The van der Waals surface area contributed by atoms with Crippen LogP contribution in [0.3, 0.4) is 0 Å². The molecule has 0 radical (unpaired) electrons. The zero-order chi connectivity index (χ0) is 22.3. The van der Waals surface area contributed by atoms with E-state index in [0.717, 1.165) is 63.0 Å². The van der Waals surface area contributed by atoms with Crippen molar-refractivity contribution in [3.63, 3.8) is 0 Å². The molecule has 0 aliphatic heterocycles. The third-order valence-electron chi connectivity index (χ3n) is 5.31. The number of aromatic nitrogens is 3. The molecule has 3 rings (SSSR count). The molecule has 3 aromatic rings. The first-order valence-corrected chi connectivity index (χ1v) is 10.7. The van der Waals surface area contributed by atoms with Crippen LogP contribution in [-0.2, 0) is 17.3 Å². The van der Waals surface area contributed by atoms with E-state index in [4.69, 9.17) is 4.74 Å². The molecule has 0 saturated heterocycles. The number of methoxy groups -OCH3 is 1. The van der Waals surface area contributed by atoms with Crippen molar-refractivity contribution in [1.82, 2.24) is 14.6 Å². The van der Waals surface area contributed by atoms with Crippen LogP contribution in [0.4, 0.5) is 24.8 Å². The number of anilines is 2. The van der Waals surface area contributed by atoms with Crippen LogP contribution >= 0.6 is 0 Å². The second-order valence-electron chi connectivity index (χ2n) is 7.77. The fourth-order valence-electron chi connectivity index (χ4n) is 3.77. The molecule has 0 bridgehead atoms. The zero-order valence-electron chi connectivity index (χ0n) is 18.0. The first kappa shape index (κ1) is 23.1. The number of ether oxygens (including phenoxy) is 1. The maximum Gasteiger partial charge on any atom is 0.416 e. The lowest BCUT2D eigenvalue weighted by atomic mass is 9.92. The maximum atomic E-state index is 12.8. The number of nitrogens with zero attached hydrogens (tertiary/aromatic N) is 3. The highest BCUT2D eigenvalue weighted by molar-refractivity contribution is 5.56. The number of alkyl halides is 3.